The van der Waals surface area contributed by atoms with Crippen molar-refractivity contribution in [1.82, 2.24) is 10.2 Å². The largest absolute Gasteiger partial charge is 0.360 e. The van der Waals surface area contributed by atoms with Crippen molar-refractivity contribution in [3.8, 4) is 0 Å². The fourth-order valence-corrected chi connectivity index (χ4v) is 3.55. The Morgan fingerprint density at radius 2 is 2.04 bits per heavy atom. The number of carbonyl (C=O) groups excluding carboxylic acids is 1. The van der Waals surface area contributed by atoms with E-state index >= 15 is 0 Å². The van der Waals surface area contributed by atoms with Gasteiger partial charge in [0.2, 0.25) is 11.0 Å². The number of anilines is 2. The van der Waals surface area contributed by atoms with Gasteiger partial charge in [-0.25, -0.2) is 8.78 Å². The summed E-state index contributed by atoms with van der Waals surface area (Å²) >= 11 is 2.59. The minimum Gasteiger partial charge on any atom is -0.360 e. The summed E-state index contributed by atoms with van der Waals surface area (Å²) in [5.41, 5.74) is -0.0506. The van der Waals surface area contributed by atoms with Crippen molar-refractivity contribution in [3.63, 3.8) is 0 Å². The second-order valence-electron chi connectivity index (χ2n) is 5.52. The van der Waals surface area contributed by atoms with Crippen molar-refractivity contribution in [3.05, 3.63) is 29.8 Å². The Bertz CT molecular complexity index is 709. The molecule has 0 saturated heterocycles. The molecule has 1 heterocycles. The van der Waals surface area contributed by atoms with Gasteiger partial charge in [-0.2, -0.15) is 0 Å². The molecule has 0 spiro atoms. The molecule has 1 atom stereocenters. The number of benzene rings is 1. The van der Waals surface area contributed by atoms with E-state index in [1.165, 1.54) is 29.2 Å². The molecular formula is C15H18F2N4OS2. The molecule has 0 bridgehead atoms. The van der Waals surface area contributed by atoms with Crippen molar-refractivity contribution in [2.75, 3.05) is 17.2 Å². The lowest BCUT2D eigenvalue weighted by atomic mass is 10.2. The zero-order valence-corrected chi connectivity index (χ0v) is 15.1. The maximum Gasteiger partial charge on any atom is 0.237 e. The summed E-state index contributed by atoms with van der Waals surface area (Å²) in [5, 5.41) is 13.8. The lowest BCUT2D eigenvalue weighted by molar-refractivity contribution is -0.115. The summed E-state index contributed by atoms with van der Waals surface area (Å²) in [6.07, 6.45) is 0. The zero-order chi connectivity index (χ0) is 17.7. The fourth-order valence-electron chi connectivity index (χ4n) is 1.65. The zero-order valence-electron chi connectivity index (χ0n) is 13.5. The molecule has 1 unspecified atom stereocenters. The van der Waals surface area contributed by atoms with Crippen LogP contribution in [0.15, 0.2) is 22.5 Å². The molecule has 1 aromatic heterocycles. The Morgan fingerprint density at radius 3 is 2.71 bits per heavy atom. The first-order valence-electron chi connectivity index (χ1n) is 7.35. The van der Waals surface area contributed by atoms with Gasteiger partial charge in [0.1, 0.15) is 11.6 Å². The molecule has 2 N–H and O–H groups in total. The van der Waals surface area contributed by atoms with Gasteiger partial charge in [-0.1, -0.05) is 36.9 Å². The molecule has 0 fully saturated rings. The van der Waals surface area contributed by atoms with Crippen LogP contribution in [0.25, 0.3) is 0 Å². The van der Waals surface area contributed by atoms with Gasteiger partial charge in [0, 0.05) is 12.6 Å². The van der Waals surface area contributed by atoms with Crippen molar-refractivity contribution in [2.24, 2.45) is 5.92 Å². The second-order valence-corrected chi connectivity index (χ2v) is 8.09. The molecule has 1 aromatic carbocycles. The maximum absolute atomic E-state index is 13.6. The standard InChI is InChI=1S/C15H18F2N4OS2/c1-8(2)7-18-14-20-21-15(24-14)23-9(3)13(22)19-12-5-4-10(16)6-11(12)17/h4-6,8-9H,7H2,1-3H3,(H,18,20)(H,19,22). The number of nitrogens with zero attached hydrogens (tertiary/aromatic N) is 2. The van der Waals surface area contributed by atoms with Crippen LogP contribution in [0, 0.1) is 17.6 Å². The van der Waals surface area contributed by atoms with Crippen molar-refractivity contribution in [1.29, 1.82) is 0 Å². The van der Waals surface area contributed by atoms with E-state index in [0.717, 1.165) is 18.7 Å². The molecule has 0 saturated carbocycles. The van der Waals surface area contributed by atoms with Crippen LogP contribution in [-0.4, -0.2) is 27.9 Å². The van der Waals surface area contributed by atoms with Crippen molar-refractivity contribution < 1.29 is 13.6 Å². The molecule has 5 nitrogen and oxygen atoms in total. The first-order chi connectivity index (χ1) is 11.3. The first kappa shape index (κ1) is 18.6. The number of halogens is 2. The molecule has 24 heavy (non-hydrogen) atoms. The number of hydrogen-bond acceptors (Lipinski definition) is 6. The molecular weight excluding hydrogens is 354 g/mol. The number of carbonyl (C=O) groups is 1. The van der Waals surface area contributed by atoms with Crippen LogP contribution in [0.3, 0.4) is 0 Å². The molecule has 0 aliphatic rings. The average Bonchev–Trinajstić information content (AvgIpc) is 2.95. The van der Waals surface area contributed by atoms with Gasteiger partial charge in [-0.3, -0.25) is 4.79 Å². The van der Waals surface area contributed by atoms with Gasteiger partial charge in [-0.05, 0) is 25.0 Å². The van der Waals surface area contributed by atoms with Gasteiger partial charge in [0.25, 0.3) is 0 Å². The predicted molar refractivity (Wildman–Crippen MR) is 93.5 cm³/mol. The fraction of sp³-hybridized carbons (Fsp3) is 0.400. The third kappa shape index (κ3) is 5.41. The summed E-state index contributed by atoms with van der Waals surface area (Å²) in [7, 11) is 0. The number of hydrogen-bond donors (Lipinski definition) is 2. The monoisotopic (exact) mass is 372 g/mol. The topological polar surface area (TPSA) is 66.9 Å². The molecule has 1 amide bonds. The summed E-state index contributed by atoms with van der Waals surface area (Å²) in [4.78, 5) is 12.1. The molecule has 2 aromatic rings. The number of amides is 1. The predicted octanol–water partition coefficient (Wildman–Crippen LogP) is 4.00. The first-order valence-corrected chi connectivity index (χ1v) is 9.04. The highest BCUT2D eigenvalue weighted by Crippen LogP contribution is 2.29. The van der Waals surface area contributed by atoms with E-state index in [2.05, 4.69) is 34.7 Å². The van der Waals surface area contributed by atoms with Crippen LogP contribution in [0.2, 0.25) is 0 Å². The van der Waals surface area contributed by atoms with Crippen LogP contribution >= 0.6 is 23.1 Å². The van der Waals surface area contributed by atoms with Crippen LogP contribution < -0.4 is 10.6 Å². The highest BCUT2D eigenvalue weighted by Gasteiger charge is 2.18. The van der Waals surface area contributed by atoms with E-state index in [1.54, 1.807) is 6.92 Å². The van der Waals surface area contributed by atoms with E-state index in [9.17, 15) is 13.6 Å². The highest BCUT2D eigenvalue weighted by molar-refractivity contribution is 8.02. The second kappa shape index (κ2) is 8.39. The van der Waals surface area contributed by atoms with E-state index in [4.69, 9.17) is 0 Å². The third-order valence-corrected chi connectivity index (χ3v) is 4.97. The van der Waals surface area contributed by atoms with Gasteiger partial charge in [0.15, 0.2) is 4.34 Å². The third-order valence-electron chi connectivity index (χ3n) is 2.90. The molecule has 0 aliphatic heterocycles. The normalized spacial score (nSPS) is 12.2. The van der Waals surface area contributed by atoms with Crippen LogP contribution in [0.5, 0.6) is 0 Å². The van der Waals surface area contributed by atoms with Crippen LogP contribution in [0.1, 0.15) is 20.8 Å². The minimum absolute atomic E-state index is 0.0506. The lowest BCUT2D eigenvalue weighted by Crippen LogP contribution is -2.22. The average molecular weight is 372 g/mol. The number of nitrogens with one attached hydrogen (secondary N) is 2. The smallest absolute Gasteiger partial charge is 0.237 e. The van der Waals surface area contributed by atoms with Crippen LogP contribution in [0.4, 0.5) is 19.6 Å². The Labute approximate surface area is 147 Å². The Morgan fingerprint density at radius 1 is 1.29 bits per heavy atom. The molecule has 9 heteroatoms. The van der Waals surface area contributed by atoms with Gasteiger partial charge in [-0.15, -0.1) is 10.2 Å². The van der Waals surface area contributed by atoms with Gasteiger partial charge in [0.05, 0.1) is 10.9 Å². The quantitative estimate of drug-likeness (QED) is 0.719. The molecule has 130 valence electrons. The SMILES string of the molecule is CC(C)CNc1nnc(SC(C)C(=O)Nc2ccc(F)cc2F)s1. The van der Waals surface area contributed by atoms with E-state index < -0.39 is 22.8 Å². The maximum atomic E-state index is 13.6. The summed E-state index contributed by atoms with van der Waals surface area (Å²) in [5.74, 6) is -1.41. The Balaban J connectivity index is 1.91. The Kier molecular flexibility index (Phi) is 6.50. The summed E-state index contributed by atoms with van der Waals surface area (Å²) in [6, 6.07) is 3.01. The van der Waals surface area contributed by atoms with Crippen molar-refractivity contribution in [2.45, 2.75) is 30.4 Å². The summed E-state index contributed by atoms with van der Waals surface area (Å²) in [6.45, 7) is 6.65. The van der Waals surface area contributed by atoms with Crippen LogP contribution in [-0.2, 0) is 4.79 Å². The highest BCUT2D eigenvalue weighted by atomic mass is 32.2. The molecule has 2 rings (SSSR count). The molecule has 0 radical (unpaired) electrons. The van der Waals surface area contributed by atoms with E-state index in [0.29, 0.717) is 15.4 Å². The number of thioether (sulfide) groups is 1. The van der Waals surface area contributed by atoms with E-state index in [-0.39, 0.29) is 5.69 Å². The minimum atomic E-state index is -0.809. The summed E-state index contributed by atoms with van der Waals surface area (Å²) < 4.78 is 27.1. The molecule has 0 aliphatic carbocycles. The Hall–Kier alpha value is -1.74. The number of aromatic nitrogens is 2. The van der Waals surface area contributed by atoms with Crippen molar-refractivity contribution >= 4 is 39.8 Å². The van der Waals surface area contributed by atoms with E-state index in [1.807, 2.05) is 0 Å². The number of rotatable bonds is 7. The van der Waals surface area contributed by atoms with Gasteiger partial charge < -0.3 is 10.6 Å². The van der Waals surface area contributed by atoms with Gasteiger partial charge >= 0.3 is 0 Å². The lowest BCUT2D eigenvalue weighted by Gasteiger charge is -2.10.